The van der Waals surface area contributed by atoms with Crippen molar-refractivity contribution >= 4 is 12.0 Å². The van der Waals surface area contributed by atoms with Crippen molar-refractivity contribution in [2.24, 2.45) is 0 Å². The van der Waals surface area contributed by atoms with Crippen LogP contribution in [0.25, 0.3) is 0 Å². The smallest absolute Gasteiger partial charge is 0.338 e. The fourth-order valence-electron chi connectivity index (χ4n) is 2.41. The standard InChI is InChI=1S/C16H20N2O4/c1-4-21-12-9-7-6-8-11(12)14-13(15(19)22-5-2)10(3)17-16(20)18-14/h6-9,14H,4-5H2,1-3H3,(H2,17,18,20). The van der Waals surface area contributed by atoms with Crippen LogP contribution in [0, 0.1) is 0 Å². The Balaban J connectivity index is 2.48. The largest absolute Gasteiger partial charge is 0.494 e. The van der Waals surface area contributed by atoms with E-state index in [1.165, 1.54) is 0 Å². The number of amides is 2. The molecule has 2 rings (SSSR count). The van der Waals surface area contributed by atoms with Crippen LogP contribution in [-0.4, -0.2) is 25.2 Å². The molecule has 1 aromatic carbocycles. The van der Waals surface area contributed by atoms with Crippen molar-refractivity contribution in [3.63, 3.8) is 0 Å². The van der Waals surface area contributed by atoms with Crippen molar-refractivity contribution < 1.29 is 19.1 Å². The first-order chi connectivity index (χ1) is 10.6. The van der Waals surface area contributed by atoms with E-state index in [-0.39, 0.29) is 12.6 Å². The molecule has 118 valence electrons. The van der Waals surface area contributed by atoms with Crippen LogP contribution < -0.4 is 15.4 Å². The van der Waals surface area contributed by atoms with E-state index >= 15 is 0 Å². The molecular weight excluding hydrogens is 284 g/mol. The summed E-state index contributed by atoms with van der Waals surface area (Å²) in [6.07, 6.45) is 0. The average molecular weight is 304 g/mol. The van der Waals surface area contributed by atoms with Crippen molar-refractivity contribution in [1.82, 2.24) is 10.6 Å². The molecule has 1 unspecified atom stereocenters. The summed E-state index contributed by atoms with van der Waals surface area (Å²) < 4.78 is 10.7. The Labute approximate surface area is 129 Å². The lowest BCUT2D eigenvalue weighted by molar-refractivity contribution is -0.139. The van der Waals surface area contributed by atoms with E-state index < -0.39 is 12.0 Å². The zero-order valence-corrected chi connectivity index (χ0v) is 12.9. The van der Waals surface area contributed by atoms with Crippen LogP contribution in [0.15, 0.2) is 35.5 Å². The molecule has 2 amide bonds. The van der Waals surface area contributed by atoms with Crippen LogP contribution in [-0.2, 0) is 9.53 Å². The minimum atomic E-state index is -0.601. The van der Waals surface area contributed by atoms with Crippen LogP contribution in [0.4, 0.5) is 4.79 Å². The molecule has 0 fully saturated rings. The minimum Gasteiger partial charge on any atom is -0.494 e. The molecule has 0 aliphatic carbocycles. The third-order valence-corrected chi connectivity index (χ3v) is 3.29. The summed E-state index contributed by atoms with van der Waals surface area (Å²) in [4.78, 5) is 24.1. The van der Waals surface area contributed by atoms with Gasteiger partial charge in [0.05, 0.1) is 24.8 Å². The average Bonchev–Trinajstić information content (AvgIpc) is 2.47. The van der Waals surface area contributed by atoms with Gasteiger partial charge in [-0.25, -0.2) is 9.59 Å². The summed E-state index contributed by atoms with van der Waals surface area (Å²) in [5, 5.41) is 5.37. The topological polar surface area (TPSA) is 76.7 Å². The lowest BCUT2D eigenvalue weighted by atomic mass is 9.95. The van der Waals surface area contributed by atoms with Gasteiger partial charge < -0.3 is 20.1 Å². The molecule has 1 aromatic rings. The third kappa shape index (κ3) is 3.21. The Bertz CT molecular complexity index is 610. The van der Waals surface area contributed by atoms with E-state index in [2.05, 4.69) is 10.6 Å². The van der Waals surface area contributed by atoms with E-state index in [1.807, 2.05) is 31.2 Å². The van der Waals surface area contributed by atoms with Gasteiger partial charge in [-0.15, -0.1) is 0 Å². The van der Waals surface area contributed by atoms with Crippen molar-refractivity contribution in [3.8, 4) is 5.75 Å². The number of allylic oxidation sites excluding steroid dienone is 1. The highest BCUT2D eigenvalue weighted by Gasteiger charge is 2.33. The molecule has 2 N–H and O–H groups in total. The van der Waals surface area contributed by atoms with E-state index in [9.17, 15) is 9.59 Å². The second kappa shape index (κ2) is 6.98. The Morgan fingerprint density at radius 1 is 1.23 bits per heavy atom. The normalized spacial score (nSPS) is 17.6. The Morgan fingerprint density at radius 3 is 2.64 bits per heavy atom. The minimum absolute atomic E-state index is 0.267. The quantitative estimate of drug-likeness (QED) is 0.818. The molecular formula is C16H20N2O4. The first kappa shape index (κ1) is 15.9. The molecule has 1 aliphatic rings. The molecule has 0 bridgehead atoms. The molecule has 0 saturated heterocycles. The molecule has 6 heteroatoms. The maximum atomic E-state index is 12.3. The first-order valence-corrected chi connectivity index (χ1v) is 7.25. The zero-order valence-electron chi connectivity index (χ0n) is 12.9. The highest BCUT2D eigenvalue weighted by atomic mass is 16.5. The summed E-state index contributed by atoms with van der Waals surface area (Å²) in [5.74, 6) is 0.176. The highest BCUT2D eigenvalue weighted by molar-refractivity contribution is 5.95. The van der Waals surface area contributed by atoms with Gasteiger partial charge in [-0.3, -0.25) is 0 Å². The highest BCUT2D eigenvalue weighted by Crippen LogP contribution is 2.33. The molecule has 22 heavy (non-hydrogen) atoms. The Kier molecular flexibility index (Phi) is 5.04. The molecule has 1 heterocycles. The van der Waals surface area contributed by atoms with E-state index in [0.717, 1.165) is 5.56 Å². The number of hydrogen-bond acceptors (Lipinski definition) is 4. The van der Waals surface area contributed by atoms with Crippen LogP contribution in [0.3, 0.4) is 0 Å². The summed E-state index contributed by atoms with van der Waals surface area (Å²) in [6.45, 7) is 6.06. The van der Waals surface area contributed by atoms with Crippen LogP contribution in [0.5, 0.6) is 5.75 Å². The van der Waals surface area contributed by atoms with Gasteiger partial charge in [0.25, 0.3) is 0 Å². The van der Waals surface area contributed by atoms with E-state index in [1.54, 1.807) is 13.8 Å². The fraction of sp³-hybridized carbons (Fsp3) is 0.375. The molecule has 0 spiro atoms. The van der Waals surface area contributed by atoms with Crippen molar-refractivity contribution in [2.45, 2.75) is 26.8 Å². The number of para-hydroxylation sites is 1. The van der Waals surface area contributed by atoms with E-state index in [0.29, 0.717) is 23.6 Å². The van der Waals surface area contributed by atoms with Gasteiger partial charge in [-0.05, 0) is 26.8 Å². The number of benzene rings is 1. The zero-order chi connectivity index (χ0) is 16.1. The maximum Gasteiger partial charge on any atom is 0.338 e. The van der Waals surface area contributed by atoms with Gasteiger partial charge in [0.1, 0.15) is 5.75 Å². The maximum absolute atomic E-state index is 12.3. The van der Waals surface area contributed by atoms with E-state index in [4.69, 9.17) is 9.47 Å². The molecule has 0 aromatic heterocycles. The van der Waals surface area contributed by atoms with Gasteiger partial charge in [-0.2, -0.15) is 0 Å². The molecule has 0 saturated carbocycles. The van der Waals surface area contributed by atoms with Crippen LogP contribution >= 0.6 is 0 Å². The van der Waals surface area contributed by atoms with Crippen LogP contribution in [0.2, 0.25) is 0 Å². The molecule has 1 atom stereocenters. The van der Waals surface area contributed by atoms with Crippen molar-refractivity contribution in [3.05, 3.63) is 41.1 Å². The van der Waals surface area contributed by atoms with Gasteiger partial charge in [0.2, 0.25) is 0 Å². The second-order valence-electron chi connectivity index (χ2n) is 4.76. The van der Waals surface area contributed by atoms with Crippen LogP contribution in [0.1, 0.15) is 32.4 Å². The molecule has 1 aliphatic heterocycles. The monoisotopic (exact) mass is 304 g/mol. The number of ether oxygens (including phenoxy) is 2. The Morgan fingerprint density at radius 2 is 1.95 bits per heavy atom. The lowest BCUT2D eigenvalue weighted by Gasteiger charge is -2.29. The van der Waals surface area contributed by atoms with Gasteiger partial charge in [-0.1, -0.05) is 18.2 Å². The number of carbonyl (C=O) groups excluding carboxylic acids is 2. The predicted molar refractivity (Wildman–Crippen MR) is 81.4 cm³/mol. The number of carbonyl (C=O) groups is 2. The Hall–Kier alpha value is -2.50. The summed E-state index contributed by atoms with van der Waals surface area (Å²) in [5.41, 5.74) is 1.59. The predicted octanol–water partition coefficient (Wildman–Crippen LogP) is 2.28. The SMILES string of the molecule is CCOC(=O)C1=C(C)NC(=O)NC1c1ccccc1OCC. The van der Waals surface area contributed by atoms with Gasteiger partial charge in [0.15, 0.2) is 0 Å². The lowest BCUT2D eigenvalue weighted by Crippen LogP contribution is -2.45. The number of rotatable bonds is 5. The molecule has 6 nitrogen and oxygen atoms in total. The summed E-state index contributed by atoms with van der Waals surface area (Å²) in [6, 6.07) is 6.36. The fourth-order valence-corrected chi connectivity index (χ4v) is 2.41. The number of urea groups is 1. The molecule has 0 radical (unpaired) electrons. The summed E-state index contributed by atoms with van der Waals surface area (Å²) >= 11 is 0. The number of hydrogen-bond donors (Lipinski definition) is 2. The second-order valence-corrected chi connectivity index (χ2v) is 4.76. The van der Waals surface area contributed by atoms with Gasteiger partial charge >= 0.3 is 12.0 Å². The summed E-state index contributed by atoms with van der Waals surface area (Å²) in [7, 11) is 0. The first-order valence-electron chi connectivity index (χ1n) is 7.25. The van der Waals surface area contributed by atoms with Crippen molar-refractivity contribution in [1.29, 1.82) is 0 Å². The third-order valence-electron chi connectivity index (χ3n) is 3.29. The number of esters is 1. The van der Waals surface area contributed by atoms with Crippen molar-refractivity contribution in [2.75, 3.05) is 13.2 Å². The van der Waals surface area contributed by atoms with Gasteiger partial charge in [0, 0.05) is 11.3 Å². The number of nitrogens with one attached hydrogen (secondary N) is 2.